The van der Waals surface area contributed by atoms with Crippen LogP contribution < -0.4 is 5.32 Å². The van der Waals surface area contributed by atoms with E-state index in [9.17, 15) is 14.0 Å². The molecule has 0 aliphatic carbocycles. The zero-order chi connectivity index (χ0) is 19.4. The van der Waals surface area contributed by atoms with Crippen molar-refractivity contribution in [3.8, 4) is 0 Å². The lowest BCUT2D eigenvalue weighted by atomic mass is 9.78. The molecule has 0 radical (unpaired) electrons. The molecule has 0 bridgehead atoms. The summed E-state index contributed by atoms with van der Waals surface area (Å²) in [6.45, 7) is 3.65. The fraction of sp³-hybridized carbons (Fsp3) is 0.579. The van der Waals surface area contributed by atoms with E-state index in [2.05, 4.69) is 5.32 Å². The van der Waals surface area contributed by atoms with E-state index < -0.39 is 11.2 Å². The third kappa shape index (κ3) is 4.76. The molecule has 2 amide bonds. The first-order chi connectivity index (χ1) is 13.0. The Balaban J connectivity index is 0.00000280. The van der Waals surface area contributed by atoms with Crippen molar-refractivity contribution in [3.63, 3.8) is 0 Å². The summed E-state index contributed by atoms with van der Waals surface area (Å²) in [6.07, 6.45) is 1.49. The molecule has 1 aromatic carbocycles. The highest BCUT2D eigenvalue weighted by atomic mass is 35.5. The van der Waals surface area contributed by atoms with E-state index in [1.165, 1.54) is 12.1 Å². The van der Waals surface area contributed by atoms with Gasteiger partial charge >= 0.3 is 0 Å². The maximum Gasteiger partial charge on any atom is 0.256 e. The van der Waals surface area contributed by atoms with Gasteiger partial charge in [0.1, 0.15) is 5.82 Å². The van der Waals surface area contributed by atoms with Gasteiger partial charge in [-0.15, -0.1) is 12.4 Å². The molecule has 0 spiro atoms. The van der Waals surface area contributed by atoms with Crippen LogP contribution in [0.15, 0.2) is 18.2 Å². The van der Waals surface area contributed by atoms with Crippen LogP contribution in [-0.2, 0) is 9.53 Å². The van der Waals surface area contributed by atoms with E-state index >= 15 is 0 Å². The van der Waals surface area contributed by atoms with Gasteiger partial charge in [-0.05, 0) is 44.1 Å². The van der Waals surface area contributed by atoms with Crippen LogP contribution in [0.25, 0.3) is 0 Å². The highest BCUT2D eigenvalue weighted by Gasteiger charge is 2.43. The zero-order valence-electron chi connectivity index (χ0n) is 15.9. The van der Waals surface area contributed by atoms with E-state index in [1.807, 2.05) is 4.90 Å². The Kier molecular flexibility index (Phi) is 8.07. The van der Waals surface area contributed by atoms with Crippen LogP contribution in [-0.4, -0.2) is 74.6 Å². The quantitative estimate of drug-likeness (QED) is 0.790. The van der Waals surface area contributed by atoms with Crippen molar-refractivity contribution in [2.75, 3.05) is 53.0 Å². The Hall–Kier alpha value is -1.41. The van der Waals surface area contributed by atoms with Crippen LogP contribution in [0.1, 0.15) is 23.2 Å². The fourth-order valence-corrected chi connectivity index (χ4v) is 4.04. The van der Waals surface area contributed by atoms with E-state index in [-0.39, 0.29) is 34.8 Å². The minimum Gasteiger partial charge on any atom is -0.384 e. The van der Waals surface area contributed by atoms with Gasteiger partial charge in [-0.2, -0.15) is 0 Å². The van der Waals surface area contributed by atoms with Gasteiger partial charge in [0, 0.05) is 38.3 Å². The Morgan fingerprint density at radius 3 is 2.36 bits per heavy atom. The van der Waals surface area contributed by atoms with E-state index in [4.69, 9.17) is 16.3 Å². The monoisotopic (exact) mass is 433 g/mol. The molecule has 2 aliphatic heterocycles. The first-order valence-electron chi connectivity index (χ1n) is 9.20. The molecule has 0 saturated carbocycles. The summed E-state index contributed by atoms with van der Waals surface area (Å²) in [5, 5.41) is 3.54. The molecular formula is C19H26Cl2FN3O3. The molecule has 156 valence electrons. The predicted molar refractivity (Wildman–Crippen MR) is 108 cm³/mol. The third-order valence-electron chi connectivity index (χ3n) is 5.45. The average molecular weight is 434 g/mol. The number of rotatable bonds is 4. The highest BCUT2D eigenvalue weighted by Crippen LogP contribution is 2.32. The smallest absolute Gasteiger partial charge is 0.256 e. The summed E-state index contributed by atoms with van der Waals surface area (Å²) in [4.78, 5) is 29.1. The normalized spacial score (nSPS) is 19.1. The molecule has 2 aliphatic rings. The van der Waals surface area contributed by atoms with Gasteiger partial charge in [0.2, 0.25) is 5.91 Å². The number of benzene rings is 1. The molecule has 0 aromatic heterocycles. The topological polar surface area (TPSA) is 61.9 Å². The van der Waals surface area contributed by atoms with Crippen molar-refractivity contribution in [2.24, 2.45) is 5.41 Å². The van der Waals surface area contributed by atoms with Crippen LogP contribution in [0.2, 0.25) is 5.02 Å². The Labute approximate surface area is 175 Å². The number of carbonyl (C=O) groups excluding carboxylic acids is 2. The largest absolute Gasteiger partial charge is 0.384 e. The van der Waals surface area contributed by atoms with Gasteiger partial charge in [0.25, 0.3) is 5.91 Å². The molecule has 0 atom stereocenters. The van der Waals surface area contributed by atoms with Gasteiger partial charge < -0.3 is 19.9 Å². The van der Waals surface area contributed by atoms with Crippen LogP contribution in [0, 0.1) is 11.2 Å². The van der Waals surface area contributed by atoms with E-state index in [0.717, 1.165) is 32.0 Å². The van der Waals surface area contributed by atoms with Crippen molar-refractivity contribution in [1.82, 2.24) is 15.1 Å². The summed E-state index contributed by atoms with van der Waals surface area (Å²) in [7, 11) is 1.62. The minimum atomic E-state index is -0.625. The molecule has 0 unspecified atom stereocenters. The van der Waals surface area contributed by atoms with Crippen LogP contribution in [0.5, 0.6) is 0 Å². The lowest BCUT2D eigenvalue weighted by Crippen LogP contribution is -2.57. The number of nitrogens with one attached hydrogen (secondary N) is 1. The Morgan fingerprint density at radius 1 is 1.18 bits per heavy atom. The molecular weight excluding hydrogens is 408 g/mol. The second kappa shape index (κ2) is 9.87. The summed E-state index contributed by atoms with van der Waals surface area (Å²) >= 11 is 5.75. The van der Waals surface area contributed by atoms with Gasteiger partial charge in [-0.25, -0.2) is 4.39 Å². The average Bonchev–Trinajstić information content (AvgIpc) is 2.68. The molecule has 2 heterocycles. The maximum atomic E-state index is 14.0. The lowest BCUT2D eigenvalue weighted by molar-refractivity contribution is -0.149. The number of nitrogens with zero attached hydrogens (tertiary/aromatic N) is 2. The van der Waals surface area contributed by atoms with Gasteiger partial charge in [0.15, 0.2) is 0 Å². The Morgan fingerprint density at radius 2 is 1.79 bits per heavy atom. The van der Waals surface area contributed by atoms with Crippen molar-refractivity contribution in [2.45, 2.75) is 12.8 Å². The first-order valence-corrected chi connectivity index (χ1v) is 9.58. The fourth-order valence-electron chi connectivity index (χ4n) is 3.88. The number of methoxy groups -OCH3 is 1. The second-order valence-corrected chi connectivity index (χ2v) is 7.61. The maximum absolute atomic E-state index is 14.0. The molecule has 9 heteroatoms. The first kappa shape index (κ1) is 22.9. The van der Waals surface area contributed by atoms with E-state index in [0.29, 0.717) is 32.8 Å². The third-order valence-corrected chi connectivity index (χ3v) is 5.69. The number of ether oxygens (including phenoxy) is 1. The number of hydrogen-bond donors (Lipinski definition) is 1. The number of hydrogen-bond acceptors (Lipinski definition) is 4. The van der Waals surface area contributed by atoms with Gasteiger partial charge in [0.05, 0.1) is 17.6 Å². The lowest BCUT2D eigenvalue weighted by Gasteiger charge is -2.42. The van der Waals surface area contributed by atoms with Crippen molar-refractivity contribution >= 4 is 35.8 Å². The van der Waals surface area contributed by atoms with Crippen molar-refractivity contribution in [1.29, 1.82) is 0 Å². The summed E-state index contributed by atoms with van der Waals surface area (Å²) < 4.78 is 19.4. The molecule has 2 saturated heterocycles. The summed E-state index contributed by atoms with van der Waals surface area (Å²) in [5.74, 6) is -0.903. The second-order valence-electron chi connectivity index (χ2n) is 7.17. The zero-order valence-corrected chi connectivity index (χ0v) is 17.5. The summed E-state index contributed by atoms with van der Waals surface area (Å²) in [5.41, 5.74) is -0.484. The predicted octanol–water partition coefficient (Wildman–Crippen LogP) is 2.20. The van der Waals surface area contributed by atoms with Crippen molar-refractivity contribution < 1.29 is 18.7 Å². The molecule has 6 nitrogen and oxygen atoms in total. The Bertz CT molecular complexity index is 700. The number of amides is 2. The number of piperazine rings is 1. The highest BCUT2D eigenvalue weighted by molar-refractivity contribution is 6.30. The van der Waals surface area contributed by atoms with Gasteiger partial charge in [-0.1, -0.05) is 11.6 Å². The SMILES string of the molecule is COCC1(C(=O)N2CCN(C(=O)c3ccc(Cl)cc3F)CC2)CCNCC1.Cl. The van der Waals surface area contributed by atoms with Crippen LogP contribution in [0.4, 0.5) is 4.39 Å². The molecule has 1 aromatic rings. The molecule has 1 N–H and O–H groups in total. The number of piperidine rings is 1. The molecule has 2 fully saturated rings. The van der Waals surface area contributed by atoms with Crippen LogP contribution >= 0.6 is 24.0 Å². The number of halogens is 3. The number of carbonyl (C=O) groups is 2. The molecule has 3 rings (SSSR count). The molecule has 28 heavy (non-hydrogen) atoms. The van der Waals surface area contributed by atoms with Crippen molar-refractivity contribution in [3.05, 3.63) is 34.6 Å². The summed E-state index contributed by atoms with van der Waals surface area (Å²) in [6, 6.07) is 4.05. The van der Waals surface area contributed by atoms with Gasteiger partial charge in [-0.3, -0.25) is 9.59 Å². The van der Waals surface area contributed by atoms with Crippen LogP contribution in [0.3, 0.4) is 0 Å². The standard InChI is InChI=1S/C19H25ClFN3O3.ClH/c1-27-13-19(4-6-22-7-5-19)18(26)24-10-8-23(9-11-24)17(25)15-3-2-14(20)12-16(15)21;/h2-3,12,22H,4-11,13H2,1H3;1H. The van der Waals surface area contributed by atoms with E-state index in [1.54, 1.807) is 12.0 Å². The minimum absolute atomic E-state index is 0.